The topological polar surface area (TPSA) is 58.4 Å². The molecule has 0 unspecified atom stereocenters. The van der Waals surface area contributed by atoms with Gasteiger partial charge in [0.25, 0.3) is 5.56 Å². The van der Waals surface area contributed by atoms with E-state index in [0.29, 0.717) is 38.3 Å². The van der Waals surface area contributed by atoms with Gasteiger partial charge in [-0.1, -0.05) is 24.6 Å². The second-order valence-corrected chi connectivity index (χ2v) is 6.71. The van der Waals surface area contributed by atoms with E-state index in [2.05, 4.69) is 5.10 Å². The first-order chi connectivity index (χ1) is 13.2. The van der Waals surface area contributed by atoms with E-state index in [1.807, 2.05) is 4.90 Å². The predicted octanol–water partition coefficient (Wildman–Crippen LogP) is 2.96. The molecule has 0 N–H and O–H groups in total. The summed E-state index contributed by atoms with van der Waals surface area (Å²) in [5.74, 6) is 0.0591. The quantitative estimate of drug-likeness (QED) is 0.774. The molecular weight excluding hydrogens is 397 g/mol. The molecule has 0 spiro atoms. The fourth-order valence-electron chi connectivity index (χ4n) is 3.06. The number of halogens is 4. The van der Waals surface area contributed by atoms with E-state index in [4.69, 9.17) is 11.6 Å². The Bertz CT molecular complexity index is 937. The van der Waals surface area contributed by atoms with Crippen LogP contribution in [0.2, 0.25) is 5.02 Å². The second kappa shape index (κ2) is 7.83. The third-order valence-corrected chi connectivity index (χ3v) is 4.95. The van der Waals surface area contributed by atoms with Crippen molar-refractivity contribution in [2.75, 3.05) is 31.1 Å². The van der Waals surface area contributed by atoms with E-state index >= 15 is 0 Å². The van der Waals surface area contributed by atoms with Crippen LogP contribution in [0.1, 0.15) is 18.9 Å². The number of carbonyl (C=O) groups is 1. The Labute approximate surface area is 164 Å². The van der Waals surface area contributed by atoms with Gasteiger partial charge in [-0.2, -0.15) is 23.0 Å². The van der Waals surface area contributed by atoms with Crippen LogP contribution in [0.3, 0.4) is 0 Å². The van der Waals surface area contributed by atoms with Crippen molar-refractivity contribution in [3.63, 3.8) is 0 Å². The number of hydrogen-bond acceptors (Lipinski definition) is 4. The van der Waals surface area contributed by atoms with E-state index in [-0.39, 0.29) is 16.6 Å². The van der Waals surface area contributed by atoms with E-state index in [9.17, 15) is 22.8 Å². The Morgan fingerprint density at radius 2 is 1.89 bits per heavy atom. The predicted molar refractivity (Wildman–Crippen MR) is 98.9 cm³/mol. The van der Waals surface area contributed by atoms with Crippen LogP contribution in [0, 0.1) is 0 Å². The largest absolute Gasteiger partial charge is 0.416 e. The monoisotopic (exact) mass is 414 g/mol. The third kappa shape index (κ3) is 3.99. The zero-order valence-electron chi connectivity index (χ0n) is 15.0. The molecule has 1 saturated heterocycles. The first kappa shape index (κ1) is 20.2. The lowest BCUT2D eigenvalue weighted by atomic mass is 10.2. The van der Waals surface area contributed by atoms with Gasteiger partial charge in [-0.3, -0.25) is 9.59 Å². The van der Waals surface area contributed by atoms with Crippen LogP contribution in [0.5, 0.6) is 0 Å². The van der Waals surface area contributed by atoms with Gasteiger partial charge in [-0.15, -0.1) is 0 Å². The number of aromatic nitrogens is 2. The molecule has 0 radical (unpaired) electrons. The fourth-order valence-corrected chi connectivity index (χ4v) is 3.31. The number of alkyl halides is 3. The summed E-state index contributed by atoms with van der Waals surface area (Å²) >= 11 is 6.22. The smallest absolute Gasteiger partial charge is 0.365 e. The van der Waals surface area contributed by atoms with Gasteiger partial charge in [-0.25, -0.2) is 0 Å². The molecule has 3 rings (SSSR count). The van der Waals surface area contributed by atoms with Crippen molar-refractivity contribution in [3.05, 3.63) is 51.4 Å². The standard InChI is InChI=1S/C18H18ClF3N4O2/c1-2-15(27)25-8-6-24(7-9-25)14-11-23-26(17(28)16(14)19)13-5-3-4-12(10-13)18(20,21)22/h3-5,10-11H,2,6-9H2,1H3. The Morgan fingerprint density at radius 3 is 2.50 bits per heavy atom. The summed E-state index contributed by atoms with van der Waals surface area (Å²) in [4.78, 5) is 28.0. The van der Waals surface area contributed by atoms with Crippen LogP contribution >= 0.6 is 11.6 Å². The molecule has 150 valence electrons. The van der Waals surface area contributed by atoms with Crippen LogP contribution in [0.4, 0.5) is 18.9 Å². The first-order valence-electron chi connectivity index (χ1n) is 8.70. The summed E-state index contributed by atoms with van der Waals surface area (Å²) in [6, 6.07) is 4.33. The lowest BCUT2D eigenvalue weighted by molar-refractivity contribution is -0.137. The molecule has 1 aliphatic heterocycles. The highest BCUT2D eigenvalue weighted by molar-refractivity contribution is 6.33. The zero-order valence-corrected chi connectivity index (χ0v) is 15.8. The van der Waals surface area contributed by atoms with Crippen molar-refractivity contribution >= 4 is 23.2 Å². The maximum atomic E-state index is 12.9. The normalized spacial score (nSPS) is 15.0. The maximum Gasteiger partial charge on any atom is 0.416 e. The van der Waals surface area contributed by atoms with Crippen LogP contribution < -0.4 is 10.5 Å². The van der Waals surface area contributed by atoms with Crippen LogP contribution in [-0.4, -0.2) is 46.8 Å². The molecule has 10 heteroatoms. The summed E-state index contributed by atoms with van der Waals surface area (Å²) in [6.07, 6.45) is -2.74. The van der Waals surface area contributed by atoms with Gasteiger partial charge in [0, 0.05) is 32.6 Å². The van der Waals surface area contributed by atoms with Gasteiger partial charge < -0.3 is 9.80 Å². The van der Waals surface area contributed by atoms with Gasteiger partial charge in [0.15, 0.2) is 0 Å². The molecule has 1 amide bonds. The average Bonchev–Trinajstić information content (AvgIpc) is 2.69. The SMILES string of the molecule is CCC(=O)N1CCN(c2cnn(-c3cccc(C(F)(F)F)c3)c(=O)c2Cl)CC1. The van der Waals surface area contributed by atoms with Crippen LogP contribution in [-0.2, 0) is 11.0 Å². The van der Waals surface area contributed by atoms with E-state index in [0.717, 1.165) is 16.8 Å². The molecule has 0 bridgehead atoms. The van der Waals surface area contributed by atoms with Gasteiger partial charge in [0.05, 0.1) is 23.1 Å². The average molecular weight is 415 g/mol. The molecule has 1 aromatic heterocycles. The molecule has 0 atom stereocenters. The fraction of sp³-hybridized carbons (Fsp3) is 0.389. The number of hydrogen-bond donors (Lipinski definition) is 0. The van der Waals surface area contributed by atoms with E-state index in [1.54, 1.807) is 11.8 Å². The Balaban J connectivity index is 1.87. The number of rotatable bonds is 3. The Morgan fingerprint density at radius 1 is 1.21 bits per heavy atom. The molecule has 1 aromatic carbocycles. The van der Waals surface area contributed by atoms with Crippen molar-refractivity contribution in [2.24, 2.45) is 0 Å². The lowest BCUT2D eigenvalue weighted by Crippen LogP contribution is -2.49. The lowest BCUT2D eigenvalue weighted by Gasteiger charge is -2.36. The van der Waals surface area contributed by atoms with Crippen molar-refractivity contribution in [2.45, 2.75) is 19.5 Å². The minimum Gasteiger partial charge on any atom is -0.365 e. The third-order valence-electron chi connectivity index (χ3n) is 4.59. The van der Waals surface area contributed by atoms with Crippen molar-refractivity contribution < 1.29 is 18.0 Å². The van der Waals surface area contributed by atoms with Gasteiger partial charge >= 0.3 is 6.18 Å². The molecule has 2 aromatic rings. The molecule has 0 aliphatic carbocycles. The van der Waals surface area contributed by atoms with Crippen molar-refractivity contribution in [1.82, 2.24) is 14.7 Å². The summed E-state index contributed by atoms with van der Waals surface area (Å²) in [5, 5.41) is 3.89. The highest BCUT2D eigenvalue weighted by Crippen LogP contribution is 2.30. The van der Waals surface area contributed by atoms with E-state index < -0.39 is 17.3 Å². The van der Waals surface area contributed by atoms with Crippen molar-refractivity contribution in [1.29, 1.82) is 0 Å². The number of nitrogens with zero attached hydrogens (tertiary/aromatic N) is 4. The summed E-state index contributed by atoms with van der Waals surface area (Å²) < 4.78 is 39.6. The Hall–Kier alpha value is -2.55. The second-order valence-electron chi connectivity index (χ2n) is 6.33. The summed E-state index contributed by atoms with van der Waals surface area (Å²) in [7, 11) is 0. The molecule has 1 fully saturated rings. The highest BCUT2D eigenvalue weighted by Gasteiger charge is 2.31. The molecule has 28 heavy (non-hydrogen) atoms. The van der Waals surface area contributed by atoms with Gasteiger partial charge in [0.1, 0.15) is 5.02 Å². The molecule has 6 nitrogen and oxygen atoms in total. The molecule has 2 heterocycles. The highest BCUT2D eigenvalue weighted by atomic mass is 35.5. The minimum absolute atomic E-state index is 0.0216. The summed E-state index contributed by atoms with van der Waals surface area (Å²) in [6.45, 7) is 3.77. The van der Waals surface area contributed by atoms with E-state index in [1.165, 1.54) is 18.3 Å². The van der Waals surface area contributed by atoms with Gasteiger partial charge in [0.2, 0.25) is 5.91 Å². The number of benzene rings is 1. The number of carbonyl (C=O) groups excluding carboxylic acids is 1. The first-order valence-corrected chi connectivity index (χ1v) is 9.08. The minimum atomic E-state index is -4.53. The molecule has 1 aliphatic rings. The maximum absolute atomic E-state index is 12.9. The number of piperazine rings is 1. The van der Waals surface area contributed by atoms with Crippen LogP contribution in [0.15, 0.2) is 35.3 Å². The van der Waals surface area contributed by atoms with Crippen LogP contribution in [0.25, 0.3) is 5.69 Å². The van der Waals surface area contributed by atoms with Gasteiger partial charge in [-0.05, 0) is 18.2 Å². The Kier molecular flexibility index (Phi) is 5.64. The number of anilines is 1. The molecular formula is C18H18ClF3N4O2. The number of amides is 1. The summed E-state index contributed by atoms with van der Waals surface area (Å²) in [5.41, 5.74) is -1.20. The zero-order chi connectivity index (χ0) is 20.5. The molecule has 0 saturated carbocycles. The van der Waals surface area contributed by atoms with Crippen molar-refractivity contribution in [3.8, 4) is 5.69 Å².